The molecule has 2 saturated heterocycles. The fraction of sp³-hybridized carbons (Fsp3) is 0.667. The Bertz CT molecular complexity index is 570. The summed E-state index contributed by atoms with van der Waals surface area (Å²) < 4.78 is 5.46. The second kappa shape index (κ2) is 5.97. The van der Waals surface area contributed by atoms with Gasteiger partial charge in [-0.2, -0.15) is 0 Å². The molecule has 0 saturated carbocycles. The summed E-state index contributed by atoms with van der Waals surface area (Å²) in [4.78, 5) is 32.8. The zero-order valence-electron chi connectivity index (χ0n) is 12.3. The van der Waals surface area contributed by atoms with Crippen LogP contribution in [0.5, 0.6) is 0 Å². The number of aryl methyl sites for hydroxylation is 1. The average Bonchev–Trinajstić information content (AvgIpc) is 3.00. The number of likely N-dealkylation sites (tertiary alicyclic amines) is 1. The van der Waals surface area contributed by atoms with Gasteiger partial charge in [0.05, 0.1) is 5.69 Å². The van der Waals surface area contributed by atoms with Crippen molar-refractivity contribution in [1.29, 1.82) is 0 Å². The standard InChI is InChI=1S/C15H21N3O3/c1-10-16-12(9-14(19)17-10)11-4-6-18(7-5-11)15(20)13-3-2-8-21-13/h9,11,13H,2-8H2,1H3,(H,16,17,19). The molecule has 3 heterocycles. The Morgan fingerprint density at radius 1 is 1.38 bits per heavy atom. The highest BCUT2D eigenvalue weighted by Gasteiger charge is 2.31. The number of rotatable bonds is 2. The zero-order chi connectivity index (χ0) is 14.8. The predicted octanol–water partition coefficient (Wildman–Crippen LogP) is 0.963. The van der Waals surface area contributed by atoms with E-state index in [1.54, 1.807) is 13.0 Å². The number of hydrogen-bond acceptors (Lipinski definition) is 4. The fourth-order valence-corrected chi connectivity index (χ4v) is 3.18. The third-order valence-electron chi connectivity index (χ3n) is 4.31. The van der Waals surface area contributed by atoms with Crippen LogP contribution in [0.3, 0.4) is 0 Å². The third-order valence-corrected chi connectivity index (χ3v) is 4.31. The largest absolute Gasteiger partial charge is 0.368 e. The van der Waals surface area contributed by atoms with E-state index in [1.807, 2.05) is 4.90 Å². The SMILES string of the molecule is Cc1nc(C2CCN(C(=O)C3CCCO3)CC2)cc(=O)[nH]1. The van der Waals surface area contributed by atoms with Crippen LogP contribution in [-0.4, -0.2) is 46.6 Å². The molecular formula is C15H21N3O3. The first kappa shape index (κ1) is 14.3. The van der Waals surface area contributed by atoms with Gasteiger partial charge in [0, 0.05) is 31.7 Å². The van der Waals surface area contributed by atoms with Crippen LogP contribution in [0, 0.1) is 6.92 Å². The van der Waals surface area contributed by atoms with Crippen LogP contribution in [0.15, 0.2) is 10.9 Å². The van der Waals surface area contributed by atoms with E-state index in [1.165, 1.54) is 0 Å². The highest BCUT2D eigenvalue weighted by molar-refractivity contribution is 5.81. The molecule has 0 bridgehead atoms. The number of nitrogens with zero attached hydrogens (tertiary/aromatic N) is 2. The van der Waals surface area contributed by atoms with Crippen molar-refractivity contribution in [1.82, 2.24) is 14.9 Å². The molecule has 6 nitrogen and oxygen atoms in total. The van der Waals surface area contributed by atoms with Crippen molar-refractivity contribution in [3.8, 4) is 0 Å². The summed E-state index contributed by atoms with van der Waals surface area (Å²) in [6.07, 6.45) is 3.29. The van der Waals surface area contributed by atoms with Gasteiger partial charge < -0.3 is 14.6 Å². The van der Waals surface area contributed by atoms with Crippen molar-refractivity contribution in [3.63, 3.8) is 0 Å². The zero-order valence-corrected chi connectivity index (χ0v) is 12.3. The van der Waals surface area contributed by atoms with Gasteiger partial charge in [-0.25, -0.2) is 4.98 Å². The van der Waals surface area contributed by atoms with Gasteiger partial charge in [0.2, 0.25) is 0 Å². The molecule has 1 unspecified atom stereocenters. The molecule has 2 fully saturated rings. The Kier molecular flexibility index (Phi) is 4.05. The lowest BCUT2D eigenvalue weighted by molar-refractivity contribution is -0.142. The summed E-state index contributed by atoms with van der Waals surface area (Å²) in [7, 11) is 0. The first-order chi connectivity index (χ1) is 10.1. The van der Waals surface area contributed by atoms with Gasteiger partial charge in [0.15, 0.2) is 0 Å². The minimum atomic E-state index is -0.235. The Hall–Kier alpha value is -1.69. The number of aromatic amines is 1. The molecule has 1 amide bonds. The fourth-order valence-electron chi connectivity index (χ4n) is 3.18. The number of hydrogen-bond donors (Lipinski definition) is 1. The Morgan fingerprint density at radius 3 is 2.76 bits per heavy atom. The Labute approximate surface area is 123 Å². The van der Waals surface area contributed by atoms with E-state index in [2.05, 4.69) is 9.97 Å². The Morgan fingerprint density at radius 2 is 2.14 bits per heavy atom. The van der Waals surface area contributed by atoms with Gasteiger partial charge in [-0.3, -0.25) is 9.59 Å². The van der Waals surface area contributed by atoms with Crippen molar-refractivity contribution < 1.29 is 9.53 Å². The molecule has 0 aromatic carbocycles. The van der Waals surface area contributed by atoms with Crippen LogP contribution in [0.1, 0.15) is 43.1 Å². The lowest BCUT2D eigenvalue weighted by atomic mass is 9.93. The van der Waals surface area contributed by atoms with Crippen molar-refractivity contribution in [2.75, 3.05) is 19.7 Å². The lowest BCUT2D eigenvalue weighted by Gasteiger charge is -2.33. The molecule has 21 heavy (non-hydrogen) atoms. The first-order valence-corrected chi connectivity index (χ1v) is 7.62. The quantitative estimate of drug-likeness (QED) is 0.880. The summed E-state index contributed by atoms with van der Waals surface area (Å²) in [5, 5.41) is 0. The van der Waals surface area contributed by atoms with Gasteiger partial charge in [0.25, 0.3) is 11.5 Å². The molecule has 1 aromatic rings. The minimum absolute atomic E-state index is 0.102. The molecule has 1 atom stereocenters. The molecule has 0 aliphatic carbocycles. The number of carbonyl (C=O) groups is 1. The molecule has 114 valence electrons. The normalized spacial score (nSPS) is 23.5. The van der Waals surface area contributed by atoms with Gasteiger partial charge in [-0.15, -0.1) is 0 Å². The van der Waals surface area contributed by atoms with E-state index < -0.39 is 0 Å². The van der Waals surface area contributed by atoms with E-state index >= 15 is 0 Å². The highest BCUT2D eigenvalue weighted by Crippen LogP contribution is 2.27. The number of piperidine rings is 1. The summed E-state index contributed by atoms with van der Waals surface area (Å²) in [5.74, 6) is 1.04. The van der Waals surface area contributed by atoms with Gasteiger partial charge in [-0.1, -0.05) is 0 Å². The lowest BCUT2D eigenvalue weighted by Crippen LogP contribution is -2.43. The average molecular weight is 291 g/mol. The van der Waals surface area contributed by atoms with Crippen LogP contribution in [0.25, 0.3) is 0 Å². The molecule has 0 spiro atoms. The number of nitrogens with one attached hydrogen (secondary N) is 1. The maximum atomic E-state index is 12.3. The molecule has 2 aliphatic heterocycles. The molecule has 1 N–H and O–H groups in total. The van der Waals surface area contributed by atoms with E-state index in [0.29, 0.717) is 12.4 Å². The number of H-pyrrole nitrogens is 1. The van der Waals surface area contributed by atoms with E-state index in [0.717, 1.165) is 44.5 Å². The van der Waals surface area contributed by atoms with Crippen LogP contribution in [-0.2, 0) is 9.53 Å². The van der Waals surface area contributed by atoms with Crippen molar-refractivity contribution >= 4 is 5.91 Å². The maximum absolute atomic E-state index is 12.3. The molecule has 3 rings (SSSR count). The molecule has 0 radical (unpaired) electrons. The number of aromatic nitrogens is 2. The van der Waals surface area contributed by atoms with E-state index in [9.17, 15) is 9.59 Å². The van der Waals surface area contributed by atoms with Crippen LogP contribution in [0.4, 0.5) is 0 Å². The molecule has 2 aliphatic rings. The second-order valence-electron chi connectivity index (χ2n) is 5.86. The van der Waals surface area contributed by atoms with Gasteiger partial charge in [-0.05, 0) is 32.6 Å². The van der Waals surface area contributed by atoms with Crippen molar-refractivity contribution in [2.45, 2.75) is 44.6 Å². The molecular weight excluding hydrogens is 270 g/mol. The monoisotopic (exact) mass is 291 g/mol. The minimum Gasteiger partial charge on any atom is -0.368 e. The van der Waals surface area contributed by atoms with Gasteiger partial charge in [0.1, 0.15) is 11.9 Å². The van der Waals surface area contributed by atoms with E-state index in [-0.39, 0.29) is 23.5 Å². The number of ether oxygens (including phenoxy) is 1. The summed E-state index contributed by atoms with van der Waals surface area (Å²) >= 11 is 0. The summed E-state index contributed by atoms with van der Waals surface area (Å²) in [6, 6.07) is 1.58. The van der Waals surface area contributed by atoms with Crippen LogP contribution >= 0.6 is 0 Å². The first-order valence-electron chi connectivity index (χ1n) is 7.62. The van der Waals surface area contributed by atoms with E-state index in [4.69, 9.17) is 4.74 Å². The molecule has 6 heteroatoms. The predicted molar refractivity (Wildman–Crippen MR) is 77.1 cm³/mol. The maximum Gasteiger partial charge on any atom is 0.251 e. The summed E-state index contributed by atoms with van der Waals surface area (Å²) in [6.45, 7) is 3.93. The second-order valence-corrected chi connectivity index (χ2v) is 5.86. The number of amides is 1. The smallest absolute Gasteiger partial charge is 0.251 e. The molecule has 1 aromatic heterocycles. The highest BCUT2D eigenvalue weighted by atomic mass is 16.5. The Balaban J connectivity index is 1.62. The van der Waals surface area contributed by atoms with Crippen LogP contribution < -0.4 is 5.56 Å². The van der Waals surface area contributed by atoms with Crippen LogP contribution in [0.2, 0.25) is 0 Å². The van der Waals surface area contributed by atoms with Gasteiger partial charge >= 0.3 is 0 Å². The number of carbonyl (C=O) groups excluding carboxylic acids is 1. The third kappa shape index (κ3) is 3.15. The topological polar surface area (TPSA) is 75.3 Å². The van der Waals surface area contributed by atoms with Crippen molar-refractivity contribution in [2.24, 2.45) is 0 Å². The van der Waals surface area contributed by atoms with Crippen molar-refractivity contribution in [3.05, 3.63) is 27.9 Å². The summed E-state index contributed by atoms with van der Waals surface area (Å²) in [5.41, 5.74) is 0.746.